The molecular weight excluding hydrogens is 357 g/mol. The highest BCUT2D eigenvalue weighted by Gasteiger charge is 2.15. The number of halogens is 3. The lowest BCUT2D eigenvalue weighted by molar-refractivity contribution is 0.289. The van der Waals surface area contributed by atoms with Crippen LogP contribution in [0, 0.1) is 17.5 Å². The normalized spacial score (nSPS) is 10.6. The number of ether oxygens (including phenoxy) is 3. The Kier molecular flexibility index (Phi) is 5.54. The monoisotopic (exact) mass is 374 g/mol. The number of benzene rings is 3. The van der Waals surface area contributed by atoms with Crippen LogP contribution in [-0.4, -0.2) is 14.2 Å². The quantitative estimate of drug-likeness (QED) is 0.581. The summed E-state index contributed by atoms with van der Waals surface area (Å²) in [5, 5.41) is 0. The Hall–Kier alpha value is -3.15. The van der Waals surface area contributed by atoms with Gasteiger partial charge in [0.1, 0.15) is 12.4 Å². The van der Waals surface area contributed by atoms with Crippen molar-refractivity contribution in [1.29, 1.82) is 0 Å². The van der Waals surface area contributed by atoms with E-state index < -0.39 is 17.5 Å². The van der Waals surface area contributed by atoms with Gasteiger partial charge in [-0.25, -0.2) is 8.78 Å². The van der Waals surface area contributed by atoms with Crippen LogP contribution in [0.25, 0.3) is 11.1 Å². The van der Waals surface area contributed by atoms with E-state index in [4.69, 9.17) is 14.2 Å². The van der Waals surface area contributed by atoms with E-state index in [9.17, 15) is 13.2 Å². The molecule has 3 rings (SSSR count). The molecule has 0 saturated heterocycles. The summed E-state index contributed by atoms with van der Waals surface area (Å²) in [6.45, 7) is 0.128. The van der Waals surface area contributed by atoms with Crippen molar-refractivity contribution in [2.24, 2.45) is 0 Å². The molecule has 0 fully saturated rings. The lowest BCUT2D eigenvalue weighted by Gasteiger charge is -2.10. The Bertz CT molecular complexity index is 940. The third kappa shape index (κ3) is 4.00. The van der Waals surface area contributed by atoms with Gasteiger partial charge in [0.25, 0.3) is 0 Å². The third-order valence-corrected chi connectivity index (χ3v) is 4.07. The molecule has 0 heterocycles. The zero-order chi connectivity index (χ0) is 19.4. The van der Waals surface area contributed by atoms with Gasteiger partial charge in [-0.3, -0.25) is 0 Å². The SMILES string of the molecule is COc1ccc(OCc2ccc(-c3ccc(OC)c(F)c3F)cc2)c(F)c1. The van der Waals surface area contributed by atoms with Gasteiger partial charge in [-0.2, -0.15) is 4.39 Å². The fraction of sp³-hybridized carbons (Fsp3) is 0.143. The first-order valence-electron chi connectivity index (χ1n) is 8.11. The van der Waals surface area contributed by atoms with Crippen LogP contribution in [0.4, 0.5) is 13.2 Å². The summed E-state index contributed by atoms with van der Waals surface area (Å²) in [5.41, 5.74) is 1.39. The summed E-state index contributed by atoms with van der Waals surface area (Å²) >= 11 is 0. The van der Waals surface area contributed by atoms with Gasteiger partial charge < -0.3 is 14.2 Å². The predicted molar refractivity (Wildman–Crippen MR) is 95.6 cm³/mol. The van der Waals surface area contributed by atoms with Crippen molar-refractivity contribution in [2.45, 2.75) is 6.61 Å². The standard InChI is InChI=1S/C21H17F3O3/c1-25-15-7-9-18(17(22)11-15)27-12-13-3-5-14(6-4-13)16-8-10-19(26-2)21(24)20(16)23/h3-11H,12H2,1-2H3. The highest BCUT2D eigenvalue weighted by atomic mass is 19.2. The molecular formula is C21H17F3O3. The zero-order valence-electron chi connectivity index (χ0n) is 14.8. The molecule has 0 unspecified atom stereocenters. The smallest absolute Gasteiger partial charge is 0.201 e. The first kappa shape index (κ1) is 18.6. The Morgan fingerprint density at radius 3 is 2.07 bits per heavy atom. The van der Waals surface area contributed by atoms with E-state index in [-0.39, 0.29) is 23.7 Å². The molecule has 6 heteroatoms. The molecule has 3 aromatic carbocycles. The summed E-state index contributed by atoms with van der Waals surface area (Å²) in [5.74, 6) is -2.18. The van der Waals surface area contributed by atoms with E-state index in [1.165, 1.54) is 38.5 Å². The Morgan fingerprint density at radius 1 is 0.741 bits per heavy atom. The van der Waals surface area contributed by atoms with Crippen molar-refractivity contribution >= 4 is 0 Å². The molecule has 0 bridgehead atoms. The third-order valence-electron chi connectivity index (χ3n) is 4.07. The average Bonchev–Trinajstić information content (AvgIpc) is 2.69. The maximum Gasteiger partial charge on any atom is 0.201 e. The fourth-order valence-electron chi connectivity index (χ4n) is 2.58. The summed E-state index contributed by atoms with van der Waals surface area (Å²) in [6, 6.07) is 13.9. The van der Waals surface area contributed by atoms with E-state index in [0.29, 0.717) is 11.3 Å². The number of rotatable bonds is 6. The van der Waals surface area contributed by atoms with Crippen LogP contribution in [0.2, 0.25) is 0 Å². The highest BCUT2D eigenvalue weighted by Crippen LogP contribution is 2.30. The number of hydrogen-bond donors (Lipinski definition) is 0. The van der Waals surface area contributed by atoms with Gasteiger partial charge in [0.15, 0.2) is 23.1 Å². The van der Waals surface area contributed by atoms with Crippen molar-refractivity contribution in [1.82, 2.24) is 0 Å². The Morgan fingerprint density at radius 2 is 1.44 bits per heavy atom. The fourth-order valence-corrected chi connectivity index (χ4v) is 2.58. The molecule has 0 amide bonds. The van der Waals surface area contributed by atoms with Gasteiger partial charge in [-0.1, -0.05) is 24.3 Å². The van der Waals surface area contributed by atoms with Crippen molar-refractivity contribution in [3.8, 4) is 28.4 Å². The second-order valence-electron chi connectivity index (χ2n) is 5.73. The maximum absolute atomic E-state index is 14.2. The summed E-state index contributed by atoms with van der Waals surface area (Å²) in [7, 11) is 2.73. The van der Waals surface area contributed by atoms with Crippen molar-refractivity contribution < 1.29 is 27.4 Å². The Balaban J connectivity index is 1.74. The van der Waals surface area contributed by atoms with Gasteiger partial charge in [0.05, 0.1) is 14.2 Å². The predicted octanol–water partition coefficient (Wildman–Crippen LogP) is 5.37. The Labute approximate surface area is 154 Å². The number of hydrogen-bond acceptors (Lipinski definition) is 3. The van der Waals surface area contributed by atoms with E-state index in [1.54, 1.807) is 30.3 Å². The topological polar surface area (TPSA) is 27.7 Å². The lowest BCUT2D eigenvalue weighted by atomic mass is 10.0. The van der Waals surface area contributed by atoms with E-state index in [2.05, 4.69) is 0 Å². The van der Waals surface area contributed by atoms with Crippen molar-refractivity contribution in [3.05, 3.63) is 77.6 Å². The van der Waals surface area contributed by atoms with Gasteiger partial charge in [-0.05, 0) is 35.4 Å². The molecule has 3 nitrogen and oxygen atoms in total. The van der Waals surface area contributed by atoms with Crippen molar-refractivity contribution in [2.75, 3.05) is 14.2 Å². The molecule has 3 aromatic rings. The minimum Gasteiger partial charge on any atom is -0.497 e. The van der Waals surface area contributed by atoms with Gasteiger partial charge in [0, 0.05) is 11.6 Å². The van der Waals surface area contributed by atoms with Gasteiger partial charge >= 0.3 is 0 Å². The van der Waals surface area contributed by atoms with Gasteiger partial charge in [0.2, 0.25) is 5.82 Å². The molecule has 0 aliphatic carbocycles. The van der Waals surface area contributed by atoms with E-state index in [0.717, 1.165) is 5.56 Å². The molecule has 0 aromatic heterocycles. The summed E-state index contributed by atoms with van der Waals surface area (Å²) in [4.78, 5) is 0. The van der Waals surface area contributed by atoms with E-state index in [1.807, 2.05) is 0 Å². The molecule has 0 spiro atoms. The molecule has 27 heavy (non-hydrogen) atoms. The van der Waals surface area contributed by atoms with Crippen LogP contribution in [0.5, 0.6) is 17.2 Å². The molecule has 0 radical (unpaired) electrons. The van der Waals surface area contributed by atoms with E-state index >= 15 is 0 Å². The van der Waals surface area contributed by atoms with Crippen LogP contribution >= 0.6 is 0 Å². The van der Waals surface area contributed by atoms with Gasteiger partial charge in [-0.15, -0.1) is 0 Å². The molecule has 0 saturated carbocycles. The molecule has 0 N–H and O–H groups in total. The molecule has 140 valence electrons. The first-order valence-corrected chi connectivity index (χ1v) is 8.11. The van der Waals surface area contributed by atoms with Crippen LogP contribution in [0.1, 0.15) is 5.56 Å². The second-order valence-corrected chi connectivity index (χ2v) is 5.73. The second kappa shape index (κ2) is 8.03. The highest BCUT2D eigenvalue weighted by molar-refractivity contribution is 5.65. The minimum absolute atomic E-state index is 0.100. The summed E-state index contributed by atoms with van der Waals surface area (Å²) in [6.07, 6.45) is 0. The average molecular weight is 374 g/mol. The van der Waals surface area contributed by atoms with Crippen LogP contribution in [0.3, 0.4) is 0 Å². The van der Waals surface area contributed by atoms with Crippen LogP contribution < -0.4 is 14.2 Å². The maximum atomic E-state index is 14.2. The summed E-state index contributed by atoms with van der Waals surface area (Å²) < 4.78 is 57.1. The zero-order valence-corrected chi connectivity index (χ0v) is 14.8. The number of methoxy groups -OCH3 is 2. The largest absolute Gasteiger partial charge is 0.497 e. The minimum atomic E-state index is -1.03. The van der Waals surface area contributed by atoms with Crippen molar-refractivity contribution in [3.63, 3.8) is 0 Å². The van der Waals surface area contributed by atoms with Crippen LogP contribution in [0.15, 0.2) is 54.6 Å². The molecule has 0 atom stereocenters. The van der Waals surface area contributed by atoms with Crippen LogP contribution in [-0.2, 0) is 6.61 Å². The lowest BCUT2D eigenvalue weighted by Crippen LogP contribution is -1.98. The first-order chi connectivity index (χ1) is 13.0. The molecule has 0 aliphatic rings. The molecule has 0 aliphatic heterocycles.